The van der Waals surface area contributed by atoms with E-state index in [1.54, 1.807) is 0 Å². The third-order valence-corrected chi connectivity index (χ3v) is 1.71. The van der Waals surface area contributed by atoms with Gasteiger partial charge in [-0.15, -0.1) is 0 Å². The summed E-state index contributed by atoms with van der Waals surface area (Å²) in [6.07, 6.45) is -30.0. The highest BCUT2D eigenvalue weighted by Crippen LogP contribution is 2.65. The summed E-state index contributed by atoms with van der Waals surface area (Å²) < 4.78 is 129. The fourth-order valence-electron chi connectivity index (χ4n) is 0.977. The van der Waals surface area contributed by atoms with Gasteiger partial charge in [-0.25, -0.2) is 0 Å². The summed E-state index contributed by atoms with van der Waals surface area (Å²) in [5.74, 6) is 0. The second kappa shape index (κ2) is 3.59. The van der Waals surface area contributed by atoms with Gasteiger partial charge in [0.25, 0.3) is 0 Å². The minimum atomic E-state index is -7.64. The molecule has 0 fully saturated rings. The van der Waals surface area contributed by atoms with Crippen molar-refractivity contribution in [2.45, 2.75) is 24.6 Å². The van der Waals surface area contributed by atoms with Gasteiger partial charge in [-0.3, -0.25) is 0 Å². The molecular weight excluding hydrogens is 285 g/mol. The summed E-state index contributed by atoms with van der Waals surface area (Å²) >= 11 is 0. The molecule has 0 amide bonds. The summed E-state index contributed by atoms with van der Waals surface area (Å²) in [5.41, 5.74) is -7.64. The lowest BCUT2D eigenvalue weighted by Crippen LogP contribution is -2.68. The van der Waals surface area contributed by atoms with Gasteiger partial charge in [-0.1, -0.05) is 0 Å². The fourth-order valence-corrected chi connectivity index (χ4v) is 0.977. The van der Waals surface area contributed by atoms with E-state index in [0.717, 1.165) is 0 Å². The number of hydrogen-bond donors (Lipinski definition) is 0. The Morgan fingerprint density at radius 3 is 0.647 bits per heavy atom. The van der Waals surface area contributed by atoms with Crippen LogP contribution in [0.1, 0.15) is 0 Å². The van der Waals surface area contributed by atoms with Gasteiger partial charge in [0.15, 0.2) is 0 Å². The molecule has 0 aliphatic rings. The molecule has 103 valence electrons. The summed E-state index contributed by atoms with van der Waals surface area (Å²) in [6, 6.07) is 0. The maximum atomic E-state index is 11.8. The molecule has 0 N–H and O–H groups in total. The molecule has 0 saturated heterocycles. The second-order valence-electron chi connectivity index (χ2n) is 2.76. The van der Waals surface area contributed by atoms with E-state index in [9.17, 15) is 53.4 Å². The van der Waals surface area contributed by atoms with Crippen molar-refractivity contribution in [1.82, 2.24) is 0 Å². The lowest BCUT2D eigenvalue weighted by atomic mass is 9.83. The van der Waals surface area contributed by atoms with Crippen molar-refractivity contribution in [1.29, 1.82) is 0 Å². The third kappa shape index (κ3) is 2.13. The fraction of sp³-hybridized carbons (Fsp3) is 1.00. The van der Waals surface area contributed by atoms with Crippen LogP contribution in [0.4, 0.5) is 48.3 Å². The summed E-state index contributed by atoms with van der Waals surface area (Å²) in [7, 11) is 0. The van der Waals surface area contributed by atoms with Crippen molar-refractivity contribution in [2.75, 3.05) is 0 Å². The van der Waals surface area contributed by atoms with Crippen LogP contribution in [0.2, 0.25) is 0 Å². The van der Waals surface area contributed by atoms with Crippen molar-refractivity contribution in [3.63, 3.8) is 0 Å². The number of alkyl halides is 11. The van der Waals surface area contributed by atoms with E-state index >= 15 is 0 Å². The molecule has 0 saturated carbocycles. The lowest BCUT2D eigenvalue weighted by Gasteiger charge is -2.39. The first-order valence-electron chi connectivity index (χ1n) is 3.28. The minimum Gasteiger partial charge on any atom is -0.171 e. The predicted octanol–water partition coefficient (Wildman–Crippen LogP) is 3.68. The summed E-state index contributed by atoms with van der Waals surface area (Å²) in [5, 5.41) is 9.57. The standard InChI is InChI=1S/C5F11O/c6-2(7,8)1(3(9,10)11,4(12,13)14)5(15,16)17. The Balaban J connectivity index is 6.37. The smallest absolute Gasteiger partial charge is 0.171 e. The Labute approximate surface area is 84.8 Å². The summed E-state index contributed by atoms with van der Waals surface area (Å²) in [6.45, 7) is 0. The Morgan fingerprint density at radius 2 is 0.647 bits per heavy atom. The lowest BCUT2D eigenvalue weighted by molar-refractivity contribution is -0.519. The third-order valence-electron chi connectivity index (χ3n) is 1.71. The van der Waals surface area contributed by atoms with E-state index in [4.69, 9.17) is 0 Å². The molecule has 0 rings (SSSR count). The predicted molar refractivity (Wildman–Crippen MR) is 26.2 cm³/mol. The van der Waals surface area contributed by atoms with Crippen LogP contribution in [0.25, 0.3) is 0 Å². The van der Waals surface area contributed by atoms with E-state index in [2.05, 4.69) is 0 Å². The van der Waals surface area contributed by atoms with E-state index < -0.39 is 30.1 Å². The molecule has 1 radical (unpaired) electrons. The Hall–Kier alpha value is -0.810. The largest absolute Gasteiger partial charge is 0.421 e. The normalized spacial score (nSPS) is 16.2. The minimum absolute atomic E-state index is 7.36. The highest BCUT2D eigenvalue weighted by atomic mass is 19.4. The molecule has 0 unspecified atom stereocenters. The Kier molecular flexibility index (Phi) is 3.42. The van der Waals surface area contributed by atoms with Crippen molar-refractivity contribution in [2.24, 2.45) is 5.41 Å². The van der Waals surface area contributed by atoms with Crippen LogP contribution in [-0.2, 0) is 5.11 Å². The number of hydrogen-bond acceptors (Lipinski definition) is 0. The van der Waals surface area contributed by atoms with Gasteiger partial charge in [0.1, 0.15) is 0 Å². The van der Waals surface area contributed by atoms with Gasteiger partial charge in [-0.2, -0.15) is 53.4 Å². The zero-order valence-electron chi connectivity index (χ0n) is 7.07. The highest BCUT2D eigenvalue weighted by Gasteiger charge is 2.94. The first-order chi connectivity index (χ1) is 7.00. The molecule has 0 aromatic heterocycles. The maximum Gasteiger partial charge on any atom is 0.421 e. The molecular formula is C5F11O. The van der Waals surface area contributed by atoms with Gasteiger partial charge in [0.05, 0.1) is 0 Å². The van der Waals surface area contributed by atoms with Crippen molar-refractivity contribution in [3.05, 3.63) is 0 Å². The van der Waals surface area contributed by atoms with Crippen LogP contribution < -0.4 is 0 Å². The first-order valence-corrected chi connectivity index (χ1v) is 3.28. The van der Waals surface area contributed by atoms with Crippen LogP contribution in [0.5, 0.6) is 0 Å². The summed E-state index contributed by atoms with van der Waals surface area (Å²) in [4.78, 5) is 0. The average Bonchev–Trinajstić information content (AvgIpc) is 1.67. The second-order valence-corrected chi connectivity index (χ2v) is 2.76. The van der Waals surface area contributed by atoms with Crippen molar-refractivity contribution < 1.29 is 53.4 Å². The van der Waals surface area contributed by atoms with Gasteiger partial charge >= 0.3 is 30.1 Å². The molecule has 0 aliphatic carbocycles. The molecule has 0 bridgehead atoms. The van der Waals surface area contributed by atoms with Gasteiger partial charge in [0.2, 0.25) is 0 Å². The van der Waals surface area contributed by atoms with E-state index in [1.165, 1.54) is 0 Å². The SMILES string of the molecule is [O]C(F)(F)C(C(F)(F)F)(C(F)(F)F)C(F)(F)F. The first kappa shape index (κ1) is 16.2. The van der Waals surface area contributed by atoms with Gasteiger partial charge in [0, 0.05) is 0 Å². The molecule has 0 heterocycles. The van der Waals surface area contributed by atoms with Crippen LogP contribution in [0.3, 0.4) is 0 Å². The molecule has 0 spiro atoms. The average molecular weight is 285 g/mol. The van der Waals surface area contributed by atoms with E-state index in [0.29, 0.717) is 0 Å². The molecule has 0 aliphatic heterocycles. The number of rotatable bonds is 1. The van der Waals surface area contributed by atoms with E-state index in [-0.39, 0.29) is 0 Å². The van der Waals surface area contributed by atoms with Crippen molar-refractivity contribution >= 4 is 0 Å². The molecule has 0 aromatic rings. The molecule has 17 heavy (non-hydrogen) atoms. The molecule has 0 aromatic carbocycles. The van der Waals surface area contributed by atoms with E-state index in [1.807, 2.05) is 0 Å². The Morgan fingerprint density at radius 1 is 0.471 bits per heavy atom. The van der Waals surface area contributed by atoms with Crippen molar-refractivity contribution in [3.8, 4) is 0 Å². The van der Waals surface area contributed by atoms with Crippen LogP contribution in [0, 0.1) is 5.41 Å². The highest BCUT2D eigenvalue weighted by molar-refractivity contribution is 5.04. The van der Waals surface area contributed by atoms with Crippen LogP contribution in [0.15, 0.2) is 0 Å². The van der Waals surface area contributed by atoms with Crippen LogP contribution in [-0.4, -0.2) is 24.6 Å². The molecule has 1 nitrogen and oxygen atoms in total. The van der Waals surface area contributed by atoms with Gasteiger partial charge < -0.3 is 0 Å². The molecule has 12 heteroatoms. The zero-order valence-corrected chi connectivity index (χ0v) is 7.07. The van der Waals surface area contributed by atoms with Gasteiger partial charge in [-0.05, 0) is 0 Å². The quantitative estimate of drug-likeness (QED) is 0.655. The van der Waals surface area contributed by atoms with Crippen LogP contribution >= 0.6 is 0 Å². The monoisotopic (exact) mass is 285 g/mol. The zero-order chi connectivity index (χ0) is 14.5. The number of halogens is 11. The molecule has 0 atom stereocenters. The maximum absolute atomic E-state index is 11.8. The topological polar surface area (TPSA) is 19.9 Å². The Bertz CT molecular complexity index is 213.